The van der Waals surface area contributed by atoms with Crippen LogP contribution in [0.4, 0.5) is 0 Å². The van der Waals surface area contributed by atoms with Crippen molar-refractivity contribution in [1.82, 2.24) is 4.72 Å². The molecule has 3 nitrogen and oxygen atoms in total. The average molecular weight is 362 g/mol. The van der Waals surface area contributed by atoms with Gasteiger partial charge >= 0.3 is 0 Å². The van der Waals surface area contributed by atoms with Crippen LogP contribution in [0.5, 0.6) is 0 Å². The van der Waals surface area contributed by atoms with Crippen LogP contribution in [0.25, 0.3) is 0 Å². The summed E-state index contributed by atoms with van der Waals surface area (Å²) in [5, 5.41) is 0. The van der Waals surface area contributed by atoms with Crippen LogP contribution in [0.15, 0.2) is 76.5 Å². The van der Waals surface area contributed by atoms with Crippen LogP contribution in [0.1, 0.15) is 18.9 Å². The van der Waals surface area contributed by atoms with Crippen LogP contribution in [-0.2, 0) is 10.0 Å². The van der Waals surface area contributed by atoms with Gasteiger partial charge in [0.1, 0.15) is 0 Å². The topological polar surface area (TPSA) is 46.2 Å². The van der Waals surface area contributed by atoms with Crippen LogP contribution >= 0.6 is 11.8 Å². The van der Waals surface area contributed by atoms with E-state index in [0.717, 1.165) is 11.3 Å². The highest BCUT2D eigenvalue weighted by atomic mass is 32.2. The maximum Gasteiger partial charge on any atom is 0.240 e. The number of aryl methyl sites for hydroxylation is 1. The normalized spacial score (nSPS) is 13.2. The molecule has 0 spiro atoms. The van der Waals surface area contributed by atoms with E-state index in [9.17, 15) is 8.42 Å². The molecule has 0 saturated heterocycles. The number of sulfonamides is 1. The van der Waals surface area contributed by atoms with Gasteiger partial charge in [0.15, 0.2) is 0 Å². The van der Waals surface area contributed by atoms with Crippen molar-refractivity contribution in [2.45, 2.75) is 36.1 Å². The Hall–Kier alpha value is -1.56. The molecule has 0 heterocycles. The lowest BCUT2D eigenvalue weighted by molar-refractivity contribution is 0.562. The molecule has 0 bridgehead atoms. The van der Waals surface area contributed by atoms with E-state index in [4.69, 9.17) is 0 Å². The fourth-order valence-corrected chi connectivity index (χ4v) is 4.16. The minimum Gasteiger partial charge on any atom is -0.208 e. The van der Waals surface area contributed by atoms with Gasteiger partial charge in [0.05, 0.1) is 4.90 Å². The Balaban J connectivity index is 1.79. The summed E-state index contributed by atoms with van der Waals surface area (Å²) in [6.45, 7) is 3.81. The van der Waals surface area contributed by atoms with E-state index in [1.807, 2.05) is 38.1 Å². The number of nitrogens with one attached hydrogen (secondary N) is 1. The molecule has 0 fully saturated rings. The van der Waals surface area contributed by atoms with Gasteiger partial charge in [-0.2, -0.15) is 0 Å². The van der Waals surface area contributed by atoms with Gasteiger partial charge in [-0.1, -0.05) is 48.0 Å². The van der Waals surface area contributed by atoms with E-state index in [-0.39, 0.29) is 6.04 Å². The van der Waals surface area contributed by atoms with Gasteiger partial charge in [-0.05, 0) is 44.5 Å². The zero-order valence-corrected chi connectivity index (χ0v) is 15.6. The Morgan fingerprint density at radius 3 is 2.38 bits per heavy atom. The molecule has 0 amide bonds. The molecule has 1 N–H and O–H groups in total. The fraction of sp³-hybridized carbons (Fsp3) is 0.263. The fourth-order valence-electron chi connectivity index (χ4n) is 2.13. The monoisotopic (exact) mass is 361 g/mol. The van der Waals surface area contributed by atoms with Gasteiger partial charge in [-0.3, -0.25) is 0 Å². The quantitative estimate of drug-likeness (QED) is 0.560. The minimum absolute atomic E-state index is 0.144. The van der Waals surface area contributed by atoms with Gasteiger partial charge in [-0.25, -0.2) is 13.1 Å². The van der Waals surface area contributed by atoms with Crippen molar-refractivity contribution in [1.29, 1.82) is 0 Å². The molecule has 0 radical (unpaired) electrons. The van der Waals surface area contributed by atoms with E-state index in [0.29, 0.717) is 11.3 Å². The molecule has 2 rings (SSSR count). The Morgan fingerprint density at radius 1 is 1.04 bits per heavy atom. The van der Waals surface area contributed by atoms with Crippen molar-refractivity contribution in [3.05, 3.63) is 72.3 Å². The predicted octanol–water partition coefficient (Wildman–Crippen LogP) is 4.40. The van der Waals surface area contributed by atoms with E-state index < -0.39 is 10.0 Å². The van der Waals surface area contributed by atoms with E-state index >= 15 is 0 Å². The Labute approximate surface area is 149 Å². The maximum absolute atomic E-state index is 12.3. The lowest BCUT2D eigenvalue weighted by atomic mass is 10.2. The predicted molar refractivity (Wildman–Crippen MR) is 102 cm³/mol. The molecule has 0 aliphatic carbocycles. The number of thioether (sulfide) groups is 1. The van der Waals surface area contributed by atoms with Crippen molar-refractivity contribution >= 4 is 21.8 Å². The second kappa shape index (κ2) is 9.06. The Bertz CT molecular complexity index is 754. The number of hydrogen-bond acceptors (Lipinski definition) is 3. The third-order valence-electron chi connectivity index (χ3n) is 3.43. The molecular weight excluding hydrogens is 338 g/mol. The zero-order valence-electron chi connectivity index (χ0n) is 14.0. The SMILES string of the molecule is Cc1ccc(S(=O)(=O)NC(C)C/C=C/CSc2ccccc2)cc1. The van der Waals surface area contributed by atoms with Gasteiger partial charge in [0.25, 0.3) is 0 Å². The molecule has 1 unspecified atom stereocenters. The highest BCUT2D eigenvalue weighted by molar-refractivity contribution is 7.99. The van der Waals surface area contributed by atoms with Gasteiger partial charge in [-0.15, -0.1) is 11.8 Å². The second-order valence-corrected chi connectivity index (χ2v) is 8.47. The summed E-state index contributed by atoms with van der Waals surface area (Å²) < 4.78 is 27.3. The third-order valence-corrected chi connectivity index (χ3v) is 6.00. The van der Waals surface area contributed by atoms with Crippen molar-refractivity contribution < 1.29 is 8.42 Å². The highest BCUT2D eigenvalue weighted by Crippen LogP contribution is 2.17. The average Bonchev–Trinajstić information content (AvgIpc) is 2.55. The van der Waals surface area contributed by atoms with Crippen molar-refractivity contribution in [3.63, 3.8) is 0 Å². The maximum atomic E-state index is 12.3. The van der Waals surface area contributed by atoms with Crippen LogP contribution in [0, 0.1) is 6.92 Å². The molecule has 0 aromatic heterocycles. The highest BCUT2D eigenvalue weighted by Gasteiger charge is 2.16. The summed E-state index contributed by atoms with van der Waals surface area (Å²) in [5.41, 5.74) is 1.04. The van der Waals surface area contributed by atoms with Crippen LogP contribution in [0.3, 0.4) is 0 Å². The zero-order chi connectivity index (χ0) is 17.4. The standard InChI is InChI=1S/C19H23NO2S2/c1-16-11-13-19(14-12-16)24(21,22)20-17(2)8-6-7-15-23-18-9-4-3-5-10-18/h3-7,9-14,17,20H,8,15H2,1-2H3/b7-6+. The molecular formula is C19H23NO2S2. The molecule has 24 heavy (non-hydrogen) atoms. The molecule has 2 aromatic rings. The lowest BCUT2D eigenvalue weighted by Gasteiger charge is -2.12. The van der Waals surface area contributed by atoms with E-state index in [1.165, 1.54) is 4.90 Å². The van der Waals surface area contributed by atoms with Gasteiger partial charge in [0, 0.05) is 16.7 Å². The van der Waals surface area contributed by atoms with Crippen LogP contribution < -0.4 is 4.72 Å². The molecule has 1 atom stereocenters. The smallest absolute Gasteiger partial charge is 0.208 e. The van der Waals surface area contributed by atoms with Crippen molar-refractivity contribution in [2.24, 2.45) is 0 Å². The second-order valence-electron chi connectivity index (χ2n) is 5.67. The lowest BCUT2D eigenvalue weighted by Crippen LogP contribution is -2.32. The Kier molecular flexibility index (Phi) is 7.09. The summed E-state index contributed by atoms with van der Waals surface area (Å²) >= 11 is 1.76. The van der Waals surface area contributed by atoms with E-state index in [2.05, 4.69) is 22.9 Å². The molecule has 5 heteroatoms. The summed E-state index contributed by atoms with van der Waals surface area (Å²) in [6, 6.07) is 16.9. The number of rotatable bonds is 8. The van der Waals surface area contributed by atoms with Crippen LogP contribution in [-0.4, -0.2) is 20.2 Å². The number of benzene rings is 2. The molecule has 0 aliphatic heterocycles. The van der Waals surface area contributed by atoms with E-state index in [1.54, 1.807) is 36.0 Å². The number of hydrogen-bond donors (Lipinski definition) is 1. The Morgan fingerprint density at radius 2 is 1.71 bits per heavy atom. The van der Waals surface area contributed by atoms with Crippen LogP contribution in [0.2, 0.25) is 0 Å². The summed E-state index contributed by atoms with van der Waals surface area (Å²) in [5.74, 6) is 0.876. The molecule has 0 saturated carbocycles. The third kappa shape index (κ3) is 6.15. The first-order valence-corrected chi connectivity index (χ1v) is 10.4. The van der Waals surface area contributed by atoms with Crippen molar-refractivity contribution in [3.8, 4) is 0 Å². The first-order chi connectivity index (χ1) is 11.5. The van der Waals surface area contributed by atoms with Gasteiger partial charge < -0.3 is 0 Å². The summed E-state index contributed by atoms with van der Waals surface area (Å²) in [7, 11) is -3.45. The first-order valence-electron chi connectivity index (χ1n) is 7.89. The molecule has 128 valence electrons. The molecule has 0 aliphatic rings. The first kappa shape index (κ1) is 18.8. The summed E-state index contributed by atoms with van der Waals surface area (Å²) in [4.78, 5) is 1.54. The van der Waals surface area contributed by atoms with Gasteiger partial charge in [0.2, 0.25) is 10.0 Å². The molecule has 2 aromatic carbocycles. The minimum atomic E-state index is -3.45. The largest absolute Gasteiger partial charge is 0.240 e. The van der Waals surface area contributed by atoms with Crippen molar-refractivity contribution in [2.75, 3.05) is 5.75 Å². The summed E-state index contributed by atoms with van der Waals surface area (Å²) in [6.07, 6.45) is 4.77.